The van der Waals surface area contributed by atoms with E-state index in [9.17, 15) is 9.59 Å². The Bertz CT molecular complexity index is 485. The molecule has 1 aliphatic rings. The summed E-state index contributed by atoms with van der Waals surface area (Å²) in [6, 6.07) is 1.54. The standard InChI is InChI=1S/C13H16N2O4/c1-19-11-6-14-5-4-10(11)13(18)15(8-12(16)17)7-9-2-3-9/h4-6,9H,2-3,7-8H2,1H3,(H,16,17). The van der Waals surface area contributed by atoms with Crippen LogP contribution in [0, 0.1) is 5.92 Å². The zero-order valence-electron chi connectivity index (χ0n) is 10.7. The molecule has 1 saturated carbocycles. The van der Waals surface area contributed by atoms with Crippen LogP contribution in [0.1, 0.15) is 23.2 Å². The van der Waals surface area contributed by atoms with E-state index in [1.54, 1.807) is 6.07 Å². The second-order valence-electron chi connectivity index (χ2n) is 4.60. The molecule has 0 aliphatic heterocycles. The highest BCUT2D eigenvalue weighted by atomic mass is 16.5. The molecule has 0 bridgehead atoms. The fourth-order valence-electron chi connectivity index (χ4n) is 1.88. The summed E-state index contributed by atoms with van der Waals surface area (Å²) in [5.41, 5.74) is 0.347. The first-order valence-corrected chi connectivity index (χ1v) is 6.11. The number of aromatic nitrogens is 1. The molecule has 19 heavy (non-hydrogen) atoms. The zero-order valence-corrected chi connectivity index (χ0v) is 10.7. The van der Waals surface area contributed by atoms with E-state index in [2.05, 4.69) is 4.98 Å². The smallest absolute Gasteiger partial charge is 0.323 e. The molecule has 6 nitrogen and oxygen atoms in total. The minimum atomic E-state index is -1.01. The number of rotatable bonds is 6. The molecule has 2 rings (SSSR count). The van der Waals surface area contributed by atoms with Gasteiger partial charge in [0.15, 0.2) is 0 Å². The molecule has 1 amide bonds. The van der Waals surface area contributed by atoms with E-state index in [4.69, 9.17) is 9.84 Å². The SMILES string of the molecule is COc1cnccc1C(=O)N(CC(=O)O)CC1CC1. The Morgan fingerprint density at radius 2 is 2.26 bits per heavy atom. The van der Waals surface area contributed by atoms with Crippen LogP contribution < -0.4 is 4.74 Å². The molecule has 0 unspecified atom stereocenters. The molecule has 0 saturated heterocycles. The van der Waals surface area contributed by atoms with Gasteiger partial charge in [-0.2, -0.15) is 0 Å². The van der Waals surface area contributed by atoms with E-state index >= 15 is 0 Å². The van der Waals surface area contributed by atoms with Gasteiger partial charge in [0.05, 0.1) is 18.9 Å². The summed E-state index contributed by atoms with van der Waals surface area (Å²) >= 11 is 0. The maximum Gasteiger partial charge on any atom is 0.323 e. The Kier molecular flexibility index (Phi) is 3.99. The summed E-state index contributed by atoms with van der Waals surface area (Å²) in [6.45, 7) is 0.192. The van der Waals surface area contributed by atoms with Crippen LogP contribution >= 0.6 is 0 Å². The van der Waals surface area contributed by atoms with E-state index < -0.39 is 5.97 Å². The zero-order chi connectivity index (χ0) is 13.8. The van der Waals surface area contributed by atoms with Crippen molar-refractivity contribution in [1.29, 1.82) is 0 Å². The van der Waals surface area contributed by atoms with Crippen molar-refractivity contribution >= 4 is 11.9 Å². The summed E-state index contributed by atoms with van der Waals surface area (Å²) in [7, 11) is 1.45. The monoisotopic (exact) mass is 264 g/mol. The fourth-order valence-corrected chi connectivity index (χ4v) is 1.88. The summed E-state index contributed by atoms with van der Waals surface area (Å²) in [6.07, 6.45) is 5.04. The lowest BCUT2D eigenvalue weighted by Crippen LogP contribution is -2.37. The number of hydrogen-bond acceptors (Lipinski definition) is 4. The number of methoxy groups -OCH3 is 1. The van der Waals surface area contributed by atoms with Crippen LogP contribution in [0.15, 0.2) is 18.5 Å². The molecular formula is C13H16N2O4. The topological polar surface area (TPSA) is 79.7 Å². The highest BCUT2D eigenvalue weighted by Crippen LogP contribution is 2.30. The number of carbonyl (C=O) groups is 2. The Balaban J connectivity index is 2.19. The molecule has 1 aromatic rings. The van der Waals surface area contributed by atoms with Gasteiger partial charge in [0, 0.05) is 12.7 Å². The van der Waals surface area contributed by atoms with Crippen molar-refractivity contribution in [2.45, 2.75) is 12.8 Å². The molecule has 1 N–H and O–H groups in total. The fraction of sp³-hybridized carbons (Fsp3) is 0.462. The summed E-state index contributed by atoms with van der Waals surface area (Å²) in [5.74, 6) is -0.551. The van der Waals surface area contributed by atoms with E-state index in [0.29, 0.717) is 23.8 Å². The molecule has 1 heterocycles. The highest BCUT2D eigenvalue weighted by Gasteiger charge is 2.29. The van der Waals surface area contributed by atoms with Crippen molar-refractivity contribution in [3.05, 3.63) is 24.0 Å². The highest BCUT2D eigenvalue weighted by molar-refractivity contribution is 5.98. The lowest BCUT2D eigenvalue weighted by molar-refractivity contribution is -0.137. The Morgan fingerprint density at radius 1 is 1.53 bits per heavy atom. The van der Waals surface area contributed by atoms with Crippen molar-refractivity contribution in [1.82, 2.24) is 9.88 Å². The summed E-state index contributed by atoms with van der Waals surface area (Å²) < 4.78 is 5.08. The number of nitrogens with zero attached hydrogens (tertiary/aromatic N) is 2. The molecular weight excluding hydrogens is 248 g/mol. The number of amides is 1. The first-order chi connectivity index (χ1) is 9.11. The van der Waals surface area contributed by atoms with Gasteiger partial charge >= 0.3 is 5.97 Å². The predicted molar refractivity (Wildman–Crippen MR) is 67.1 cm³/mol. The molecule has 102 valence electrons. The number of hydrogen-bond donors (Lipinski definition) is 1. The van der Waals surface area contributed by atoms with E-state index in [0.717, 1.165) is 12.8 Å². The van der Waals surface area contributed by atoms with Gasteiger partial charge in [0.2, 0.25) is 0 Å². The van der Waals surface area contributed by atoms with Crippen molar-refractivity contribution in [2.24, 2.45) is 5.92 Å². The maximum atomic E-state index is 12.4. The van der Waals surface area contributed by atoms with Crippen molar-refractivity contribution < 1.29 is 19.4 Å². The number of carbonyl (C=O) groups excluding carboxylic acids is 1. The third kappa shape index (κ3) is 3.43. The largest absolute Gasteiger partial charge is 0.494 e. The average molecular weight is 264 g/mol. The molecule has 1 aromatic heterocycles. The van der Waals surface area contributed by atoms with Gasteiger partial charge in [-0.15, -0.1) is 0 Å². The van der Waals surface area contributed by atoms with Crippen LogP contribution in [0.5, 0.6) is 5.75 Å². The number of aliphatic carboxylic acids is 1. The van der Waals surface area contributed by atoms with Crippen molar-refractivity contribution in [2.75, 3.05) is 20.2 Å². The van der Waals surface area contributed by atoms with Gasteiger partial charge in [-0.25, -0.2) is 0 Å². The molecule has 0 atom stereocenters. The average Bonchev–Trinajstić information content (AvgIpc) is 3.20. The van der Waals surface area contributed by atoms with Gasteiger partial charge < -0.3 is 14.7 Å². The van der Waals surface area contributed by atoms with Crippen molar-refractivity contribution in [3.8, 4) is 5.75 Å². The van der Waals surface area contributed by atoms with Crippen LogP contribution in [-0.2, 0) is 4.79 Å². The molecule has 0 spiro atoms. The van der Waals surface area contributed by atoms with Gasteiger partial charge in [-0.1, -0.05) is 0 Å². The van der Waals surface area contributed by atoms with Crippen LogP contribution in [0.25, 0.3) is 0 Å². The first kappa shape index (κ1) is 13.3. The second kappa shape index (κ2) is 5.69. The van der Waals surface area contributed by atoms with E-state index in [1.807, 2.05) is 0 Å². The molecule has 1 aliphatic carbocycles. The molecule has 0 aromatic carbocycles. The Labute approximate surface area is 111 Å². The number of ether oxygens (including phenoxy) is 1. The van der Waals surface area contributed by atoms with Gasteiger partial charge in [0.1, 0.15) is 12.3 Å². The predicted octanol–water partition coefficient (Wildman–Crippen LogP) is 1.03. The molecule has 1 fully saturated rings. The summed E-state index contributed by atoms with van der Waals surface area (Å²) in [4.78, 5) is 28.5. The first-order valence-electron chi connectivity index (χ1n) is 6.11. The number of pyridine rings is 1. The molecule has 0 radical (unpaired) electrons. The maximum absolute atomic E-state index is 12.4. The number of carboxylic acid groups (broad SMARTS) is 1. The number of carboxylic acids is 1. The second-order valence-corrected chi connectivity index (χ2v) is 4.60. The Morgan fingerprint density at radius 3 is 2.84 bits per heavy atom. The van der Waals surface area contributed by atoms with Gasteiger partial charge in [-0.3, -0.25) is 14.6 Å². The quantitative estimate of drug-likeness (QED) is 0.830. The lowest BCUT2D eigenvalue weighted by Gasteiger charge is -2.21. The minimum absolute atomic E-state index is 0.291. The van der Waals surface area contributed by atoms with E-state index in [1.165, 1.54) is 24.4 Å². The molecule has 6 heteroatoms. The van der Waals surface area contributed by atoms with Crippen LogP contribution in [0.3, 0.4) is 0 Å². The Hall–Kier alpha value is -2.11. The third-order valence-electron chi connectivity index (χ3n) is 3.02. The summed E-state index contributed by atoms with van der Waals surface area (Å²) in [5, 5.41) is 8.90. The lowest BCUT2D eigenvalue weighted by atomic mass is 10.2. The van der Waals surface area contributed by atoms with E-state index in [-0.39, 0.29) is 12.5 Å². The van der Waals surface area contributed by atoms with Crippen LogP contribution in [0.2, 0.25) is 0 Å². The minimum Gasteiger partial charge on any atom is -0.494 e. The van der Waals surface area contributed by atoms with Gasteiger partial charge in [-0.05, 0) is 24.8 Å². The van der Waals surface area contributed by atoms with Gasteiger partial charge in [0.25, 0.3) is 5.91 Å². The normalized spacial score (nSPS) is 13.9. The van der Waals surface area contributed by atoms with Crippen molar-refractivity contribution in [3.63, 3.8) is 0 Å². The van der Waals surface area contributed by atoms with Crippen LogP contribution in [0.4, 0.5) is 0 Å². The third-order valence-corrected chi connectivity index (χ3v) is 3.02. The van der Waals surface area contributed by atoms with Crippen LogP contribution in [-0.4, -0.2) is 47.1 Å².